The van der Waals surface area contributed by atoms with E-state index >= 15 is 0 Å². The molecule has 0 N–H and O–H groups in total. The summed E-state index contributed by atoms with van der Waals surface area (Å²) >= 11 is 0. The van der Waals surface area contributed by atoms with Crippen molar-refractivity contribution >= 4 is 11.5 Å². The lowest BCUT2D eigenvalue weighted by molar-refractivity contribution is 0.509. The van der Waals surface area contributed by atoms with Crippen molar-refractivity contribution in [1.82, 2.24) is 4.98 Å². The third-order valence-corrected chi connectivity index (χ3v) is 2.75. The zero-order valence-corrected chi connectivity index (χ0v) is 8.33. The molecule has 2 heterocycles. The average Bonchev–Trinajstić information content (AvgIpc) is 2.06. The van der Waals surface area contributed by atoms with E-state index in [4.69, 9.17) is 0 Å². The molecule has 0 atom stereocenters. The zero-order valence-electron chi connectivity index (χ0n) is 8.33. The molecule has 2 rings (SSSR count). The second-order valence-electron chi connectivity index (χ2n) is 4.24. The van der Waals surface area contributed by atoms with Gasteiger partial charge in [0.25, 0.3) is 0 Å². The summed E-state index contributed by atoms with van der Waals surface area (Å²) in [7, 11) is 0. The number of hydrogen-bond donors (Lipinski definition) is 0. The van der Waals surface area contributed by atoms with Gasteiger partial charge in [0.2, 0.25) is 0 Å². The first-order valence-corrected chi connectivity index (χ1v) is 4.59. The molecular formula is C11H14N2. The van der Waals surface area contributed by atoms with Crippen molar-refractivity contribution < 1.29 is 0 Å². The van der Waals surface area contributed by atoms with Crippen LogP contribution in [0.25, 0.3) is 0 Å². The van der Waals surface area contributed by atoms with Gasteiger partial charge in [-0.3, -0.25) is 0 Å². The summed E-state index contributed by atoms with van der Waals surface area (Å²) in [6.07, 6.45) is 2.85. The number of fused-ring (bicyclic) bond motifs is 1. The molecule has 2 heteroatoms. The van der Waals surface area contributed by atoms with Crippen LogP contribution in [0.5, 0.6) is 0 Å². The Kier molecular flexibility index (Phi) is 1.72. The predicted octanol–water partition coefficient (Wildman–Crippen LogP) is 2.76. The fourth-order valence-corrected chi connectivity index (χ4v) is 1.58. The van der Waals surface area contributed by atoms with Crippen LogP contribution in [0.4, 0.5) is 5.82 Å². The van der Waals surface area contributed by atoms with Gasteiger partial charge in [-0.1, -0.05) is 19.9 Å². The number of aromatic nitrogens is 1. The highest BCUT2D eigenvalue weighted by atomic mass is 14.9. The van der Waals surface area contributed by atoms with Crippen molar-refractivity contribution in [2.75, 3.05) is 0 Å². The maximum atomic E-state index is 4.50. The van der Waals surface area contributed by atoms with Crippen LogP contribution in [0.15, 0.2) is 23.3 Å². The van der Waals surface area contributed by atoms with E-state index in [0.29, 0.717) is 0 Å². The van der Waals surface area contributed by atoms with Gasteiger partial charge in [-0.15, -0.1) is 0 Å². The monoisotopic (exact) mass is 174 g/mol. The molecule has 0 fully saturated rings. The largest absolute Gasteiger partial charge is 0.238 e. The third-order valence-electron chi connectivity index (χ3n) is 2.75. The Hall–Kier alpha value is -1.18. The third kappa shape index (κ3) is 1.37. The zero-order chi connectivity index (χ0) is 9.47. The molecule has 0 bridgehead atoms. The number of hydrogen-bond acceptors (Lipinski definition) is 2. The summed E-state index contributed by atoms with van der Waals surface area (Å²) in [4.78, 5) is 8.75. The van der Waals surface area contributed by atoms with Crippen LogP contribution < -0.4 is 0 Å². The number of rotatable bonds is 0. The first-order chi connectivity index (χ1) is 6.09. The lowest BCUT2D eigenvalue weighted by Crippen LogP contribution is -2.27. The Morgan fingerprint density at radius 3 is 2.92 bits per heavy atom. The van der Waals surface area contributed by atoms with Gasteiger partial charge in [-0.05, 0) is 25.0 Å². The quantitative estimate of drug-likeness (QED) is 0.593. The molecule has 1 aromatic heterocycles. The van der Waals surface area contributed by atoms with E-state index in [1.165, 1.54) is 11.3 Å². The molecule has 2 nitrogen and oxygen atoms in total. The molecule has 0 aromatic carbocycles. The Balaban J connectivity index is 2.53. The van der Waals surface area contributed by atoms with E-state index in [2.05, 4.69) is 36.8 Å². The Bertz CT molecular complexity index is 364. The van der Waals surface area contributed by atoms with Crippen LogP contribution in [0.3, 0.4) is 0 Å². The van der Waals surface area contributed by atoms with E-state index in [-0.39, 0.29) is 5.41 Å². The first kappa shape index (κ1) is 8.42. The maximum Gasteiger partial charge on any atom is 0.154 e. The topological polar surface area (TPSA) is 25.2 Å². The SMILES string of the molecule is CC1=Nc2ncccc2CC1(C)C. The van der Waals surface area contributed by atoms with Gasteiger partial charge >= 0.3 is 0 Å². The molecule has 1 aliphatic heterocycles. The van der Waals surface area contributed by atoms with Gasteiger partial charge in [0.05, 0.1) is 0 Å². The Labute approximate surface area is 78.7 Å². The van der Waals surface area contributed by atoms with E-state index < -0.39 is 0 Å². The van der Waals surface area contributed by atoms with Crippen LogP contribution >= 0.6 is 0 Å². The number of pyridine rings is 1. The fraction of sp³-hybridized carbons (Fsp3) is 0.455. The molecule has 1 aromatic rings. The summed E-state index contributed by atoms with van der Waals surface area (Å²) in [6, 6.07) is 4.09. The van der Waals surface area contributed by atoms with Gasteiger partial charge in [0.15, 0.2) is 5.82 Å². The summed E-state index contributed by atoms with van der Waals surface area (Å²) in [5, 5.41) is 0. The molecule has 1 aliphatic rings. The minimum Gasteiger partial charge on any atom is -0.238 e. The number of nitrogens with zero attached hydrogens (tertiary/aromatic N) is 2. The molecule has 13 heavy (non-hydrogen) atoms. The highest BCUT2D eigenvalue weighted by Crippen LogP contribution is 2.33. The minimum atomic E-state index is 0.191. The van der Waals surface area contributed by atoms with Crippen LogP contribution in [0.1, 0.15) is 26.3 Å². The van der Waals surface area contributed by atoms with E-state index in [0.717, 1.165) is 12.2 Å². The van der Waals surface area contributed by atoms with Gasteiger partial charge in [0, 0.05) is 17.3 Å². The molecular weight excluding hydrogens is 160 g/mol. The molecule has 68 valence electrons. The van der Waals surface area contributed by atoms with E-state index in [1.807, 2.05) is 6.07 Å². The lowest BCUT2D eigenvalue weighted by atomic mass is 9.80. The molecule has 0 aliphatic carbocycles. The molecule has 0 radical (unpaired) electrons. The minimum absolute atomic E-state index is 0.191. The van der Waals surface area contributed by atoms with Gasteiger partial charge in [-0.2, -0.15) is 0 Å². The fourth-order valence-electron chi connectivity index (χ4n) is 1.58. The maximum absolute atomic E-state index is 4.50. The molecule has 0 amide bonds. The number of aliphatic imine (C=N–C) groups is 1. The summed E-state index contributed by atoms with van der Waals surface area (Å²) < 4.78 is 0. The van der Waals surface area contributed by atoms with Crippen molar-refractivity contribution in [3.05, 3.63) is 23.9 Å². The second-order valence-corrected chi connectivity index (χ2v) is 4.24. The van der Waals surface area contributed by atoms with Gasteiger partial charge in [0.1, 0.15) is 0 Å². The van der Waals surface area contributed by atoms with Gasteiger partial charge in [-0.25, -0.2) is 9.98 Å². The molecule has 0 saturated carbocycles. The first-order valence-electron chi connectivity index (χ1n) is 4.59. The van der Waals surface area contributed by atoms with E-state index in [9.17, 15) is 0 Å². The molecule has 0 saturated heterocycles. The lowest BCUT2D eigenvalue weighted by Gasteiger charge is -2.28. The van der Waals surface area contributed by atoms with Crippen molar-refractivity contribution in [1.29, 1.82) is 0 Å². The summed E-state index contributed by atoms with van der Waals surface area (Å²) in [5.41, 5.74) is 2.63. The van der Waals surface area contributed by atoms with Crippen LogP contribution in [0.2, 0.25) is 0 Å². The normalized spacial score (nSPS) is 19.2. The van der Waals surface area contributed by atoms with Crippen molar-refractivity contribution in [2.24, 2.45) is 10.4 Å². The van der Waals surface area contributed by atoms with Gasteiger partial charge < -0.3 is 0 Å². The van der Waals surface area contributed by atoms with Crippen molar-refractivity contribution in [3.63, 3.8) is 0 Å². The standard InChI is InChI=1S/C11H14N2/c1-8-11(2,3)7-9-5-4-6-12-10(9)13-8/h4-6H,7H2,1-3H3. The summed E-state index contributed by atoms with van der Waals surface area (Å²) in [6.45, 7) is 6.53. The van der Waals surface area contributed by atoms with Crippen molar-refractivity contribution in [2.45, 2.75) is 27.2 Å². The highest BCUT2D eigenvalue weighted by molar-refractivity contribution is 5.91. The average molecular weight is 174 g/mol. The smallest absolute Gasteiger partial charge is 0.154 e. The predicted molar refractivity (Wildman–Crippen MR) is 54.5 cm³/mol. The summed E-state index contributed by atoms with van der Waals surface area (Å²) in [5.74, 6) is 0.902. The molecule has 0 spiro atoms. The van der Waals surface area contributed by atoms with Crippen LogP contribution in [0, 0.1) is 5.41 Å². The van der Waals surface area contributed by atoms with Crippen LogP contribution in [-0.4, -0.2) is 10.7 Å². The van der Waals surface area contributed by atoms with Crippen molar-refractivity contribution in [3.8, 4) is 0 Å². The molecule has 0 unspecified atom stereocenters. The Morgan fingerprint density at radius 2 is 2.15 bits per heavy atom. The Morgan fingerprint density at radius 1 is 1.38 bits per heavy atom. The van der Waals surface area contributed by atoms with E-state index in [1.54, 1.807) is 6.20 Å². The highest BCUT2D eigenvalue weighted by Gasteiger charge is 2.27. The van der Waals surface area contributed by atoms with Crippen LogP contribution in [-0.2, 0) is 6.42 Å². The second kappa shape index (κ2) is 2.66.